The van der Waals surface area contributed by atoms with E-state index < -0.39 is 0 Å². The van der Waals surface area contributed by atoms with E-state index in [1.54, 1.807) is 41.2 Å². The van der Waals surface area contributed by atoms with E-state index in [9.17, 15) is 5.11 Å². The maximum atomic E-state index is 13.2. The molecule has 0 aliphatic carbocycles. The van der Waals surface area contributed by atoms with Gasteiger partial charge in [0, 0.05) is 22.8 Å². The van der Waals surface area contributed by atoms with Gasteiger partial charge < -0.3 is 10.4 Å². The number of thiocarbonyl (C=S) groups is 1. The summed E-state index contributed by atoms with van der Waals surface area (Å²) in [4.78, 5) is 0.333. The normalized spacial score (nSPS) is 11.7. The Labute approximate surface area is 169 Å². The highest BCUT2D eigenvalue weighted by Gasteiger charge is 2.19. The first-order chi connectivity index (χ1) is 13.0. The molecule has 0 aliphatic heterocycles. The van der Waals surface area contributed by atoms with E-state index in [-0.39, 0.29) is 5.76 Å². The molecule has 0 bridgehead atoms. The van der Waals surface area contributed by atoms with Gasteiger partial charge in [0.2, 0.25) is 5.70 Å². The van der Waals surface area contributed by atoms with Crippen LogP contribution in [0.4, 0.5) is 5.69 Å². The molecule has 3 nitrogen and oxygen atoms in total. The molecule has 0 unspecified atom stereocenters. The molecule has 1 heterocycles. The third-order valence-electron chi connectivity index (χ3n) is 4.29. The number of hydrogen-bond acceptors (Lipinski definition) is 2. The van der Waals surface area contributed by atoms with Crippen LogP contribution in [0.2, 0.25) is 5.02 Å². The number of aromatic nitrogens is 1. The number of anilines is 1. The molecule has 3 aromatic rings. The summed E-state index contributed by atoms with van der Waals surface area (Å²) in [6.45, 7) is 4.09. The average Bonchev–Trinajstić information content (AvgIpc) is 2.66. The highest BCUT2D eigenvalue weighted by molar-refractivity contribution is 7.81. The minimum Gasteiger partial charge on any atom is -0.867 e. The third-order valence-corrected chi connectivity index (χ3v) is 4.91. The van der Waals surface area contributed by atoms with E-state index in [0.29, 0.717) is 21.3 Å². The second-order valence-corrected chi connectivity index (χ2v) is 7.01. The first kappa shape index (κ1) is 19.1. The van der Waals surface area contributed by atoms with Crippen molar-refractivity contribution < 1.29 is 9.67 Å². The highest BCUT2D eigenvalue weighted by atomic mass is 35.5. The molecule has 2 aromatic carbocycles. The van der Waals surface area contributed by atoms with Crippen molar-refractivity contribution in [3.63, 3.8) is 0 Å². The first-order valence-corrected chi connectivity index (χ1v) is 9.27. The van der Waals surface area contributed by atoms with Gasteiger partial charge in [0.1, 0.15) is 0 Å². The first-order valence-electron chi connectivity index (χ1n) is 8.49. The maximum absolute atomic E-state index is 13.2. The zero-order valence-electron chi connectivity index (χ0n) is 15.1. The van der Waals surface area contributed by atoms with Crippen LogP contribution in [0.3, 0.4) is 0 Å². The van der Waals surface area contributed by atoms with Gasteiger partial charge in [-0.15, -0.1) is 0 Å². The number of pyridine rings is 1. The van der Waals surface area contributed by atoms with Crippen LogP contribution < -0.4 is 15.0 Å². The van der Waals surface area contributed by atoms with Crippen molar-refractivity contribution in [2.75, 3.05) is 5.32 Å². The van der Waals surface area contributed by atoms with Gasteiger partial charge in [0.15, 0.2) is 17.4 Å². The second kappa shape index (κ2) is 8.33. The van der Waals surface area contributed by atoms with Crippen LogP contribution in [0.15, 0.2) is 73.1 Å². The second-order valence-electron chi connectivity index (χ2n) is 6.19. The number of nitrogens with zero attached hydrogens (tertiary/aromatic N) is 1. The lowest BCUT2D eigenvalue weighted by molar-refractivity contribution is -0.577. The van der Waals surface area contributed by atoms with Gasteiger partial charge in [-0.3, -0.25) is 0 Å². The lowest BCUT2D eigenvalue weighted by Crippen LogP contribution is -2.39. The zero-order valence-corrected chi connectivity index (χ0v) is 16.6. The Morgan fingerprint density at radius 3 is 2.33 bits per heavy atom. The van der Waals surface area contributed by atoms with Crippen molar-refractivity contribution in [1.82, 2.24) is 0 Å². The minimum atomic E-state index is -0.238. The molecule has 0 fully saturated rings. The molecule has 3 rings (SSSR count). The largest absolute Gasteiger partial charge is 0.867 e. The number of benzene rings is 2. The Hall–Kier alpha value is -2.69. The molecule has 27 heavy (non-hydrogen) atoms. The Bertz CT molecular complexity index is 1020. The Morgan fingerprint density at radius 1 is 0.963 bits per heavy atom. The van der Waals surface area contributed by atoms with Crippen LogP contribution in [0.1, 0.15) is 16.7 Å². The SMILES string of the molecule is Cc1ccc(NC(=S)C(=C([O-])c2ccccc2Cl)[n+]2ccccc2)cc1C. The molecule has 0 atom stereocenters. The number of nitrogens with one attached hydrogen (secondary N) is 1. The molecule has 0 spiro atoms. The highest BCUT2D eigenvalue weighted by Crippen LogP contribution is 2.24. The van der Waals surface area contributed by atoms with Gasteiger partial charge >= 0.3 is 0 Å². The Morgan fingerprint density at radius 2 is 1.67 bits per heavy atom. The van der Waals surface area contributed by atoms with Crippen LogP contribution in [0.5, 0.6) is 0 Å². The molecular formula is C22H19ClN2OS. The van der Waals surface area contributed by atoms with E-state index in [1.165, 1.54) is 5.56 Å². The summed E-state index contributed by atoms with van der Waals surface area (Å²) in [5.41, 5.74) is 3.94. The van der Waals surface area contributed by atoms with Crippen molar-refractivity contribution >= 4 is 46.0 Å². The molecule has 5 heteroatoms. The predicted octanol–water partition coefficient (Wildman–Crippen LogP) is 4.37. The van der Waals surface area contributed by atoms with Crippen LogP contribution >= 0.6 is 23.8 Å². The van der Waals surface area contributed by atoms with E-state index in [2.05, 4.69) is 12.2 Å². The van der Waals surface area contributed by atoms with Crippen molar-refractivity contribution in [2.24, 2.45) is 0 Å². The van der Waals surface area contributed by atoms with Gasteiger partial charge in [0.25, 0.3) is 0 Å². The van der Waals surface area contributed by atoms with Crippen LogP contribution in [-0.2, 0) is 0 Å². The standard InChI is InChI=1S/C22H19ClN2OS/c1-15-10-11-17(14-16(15)2)24-22(27)20(25-12-6-3-7-13-25)21(26)18-8-4-5-9-19(18)23/h3-14H,1-2H3,(H-,24,26,27). The molecule has 1 N–H and O–H groups in total. The summed E-state index contributed by atoms with van der Waals surface area (Å²) in [6, 6.07) is 18.5. The van der Waals surface area contributed by atoms with Gasteiger partial charge in [-0.2, -0.15) is 4.57 Å². The molecule has 0 amide bonds. The maximum Gasteiger partial charge on any atom is 0.238 e. The predicted molar refractivity (Wildman–Crippen MR) is 113 cm³/mol. The van der Waals surface area contributed by atoms with E-state index in [0.717, 1.165) is 11.3 Å². The molecule has 0 saturated carbocycles. The average molecular weight is 395 g/mol. The molecule has 0 radical (unpaired) electrons. The van der Waals surface area contributed by atoms with Gasteiger partial charge in [-0.1, -0.05) is 54.2 Å². The summed E-state index contributed by atoms with van der Waals surface area (Å²) >= 11 is 11.8. The fourth-order valence-corrected chi connectivity index (χ4v) is 3.21. The summed E-state index contributed by atoms with van der Waals surface area (Å²) in [5.74, 6) is -0.238. The van der Waals surface area contributed by atoms with E-state index >= 15 is 0 Å². The summed E-state index contributed by atoms with van der Waals surface area (Å²) in [5, 5.41) is 16.8. The number of rotatable bonds is 4. The quantitative estimate of drug-likeness (QED) is 0.309. The fraction of sp³-hybridized carbons (Fsp3) is 0.0909. The zero-order chi connectivity index (χ0) is 19.4. The number of hydrogen-bond donors (Lipinski definition) is 1. The molecule has 1 aromatic heterocycles. The lowest BCUT2D eigenvalue weighted by Gasteiger charge is -2.18. The Balaban J connectivity index is 2.07. The molecular weight excluding hydrogens is 376 g/mol. The van der Waals surface area contributed by atoms with Gasteiger partial charge in [-0.25, -0.2) is 0 Å². The fourth-order valence-electron chi connectivity index (χ4n) is 2.67. The van der Waals surface area contributed by atoms with Crippen molar-refractivity contribution in [3.05, 3.63) is 94.8 Å². The molecule has 0 saturated heterocycles. The molecule has 136 valence electrons. The van der Waals surface area contributed by atoms with E-state index in [4.69, 9.17) is 23.8 Å². The summed E-state index contributed by atoms with van der Waals surface area (Å²) < 4.78 is 1.71. The van der Waals surface area contributed by atoms with E-state index in [1.807, 2.05) is 43.3 Å². The summed E-state index contributed by atoms with van der Waals surface area (Å²) in [6.07, 6.45) is 3.58. The third kappa shape index (κ3) is 4.35. The summed E-state index contributed by atoms with van der Waals surface area (Å²) in [7, 11) is 0. The lowest BCUT2D eigenvalue weighted by atomic mass is 10.1. The van der Waals surface area contributed by atoms with Crippen molar-refractivity contribution in [1.29, 1.82) is 0 Å². The monoisotopic (exact) mass is 394 g/mol. The van der Waals surface area contributed by atoms with Crippen LogP contribution in [0, 0.1) is 13.8 Å². The van der Waals surface area contributed by atoms with Crippen LogP contribution in [-0.4, -0.2) is 4.99 Å². The minimum absolute atomic E-state index is 0.238. The van der Waals surface area contributed by atoms with Crippen LogP contribution in [0.25, 0.3) is 11.5 Å². The van der Waals surface area contributed by atoms with Crippen molar-refractivity contribution in [3.8, 4) is 0 Å². The van der Waals surface area contributed by atoms with Gasteiger partial charge in [0.05, 0.1) is 0 Å². The van der Waals surface area contributed by atoms with Gasteiger partial charge in [-0.05, 0) is 54.5 Å². The Kier molecular flexibility index (Phi) is 5.89. The number of aryl methyl sites for hydroxylation is 2. The number of halogens is 1. The topological polar surface area (TPSA) is 39.0 Å². The smallest absolute Gasteiger partial charge is 0.238 e. The molecule has 0 aliphatic rings. The van der Waals surface area contributed by atoms with Crippen molar-refractivity contribution in [2.45, 2.75) is 13.8 Å².